The van der Waals surface area contributed by atoms with Gasteiger partial charge >= 0.3 is 0 Å². The number of hydrogen-bond donors (Lipinski definition) is 3. The first kappa shape index (κ1) is 18.5. The fourth-order valence-electron chi connectivity index (χ4n) is 2.43. The minimum Gasteiger partial charge on any atom is -0.383 e. The fourth-order valence-corrected chi connectivity index (χ4v) is 2.43. The topological polar surface area (TPSA) is 103 Å². The summed E-state index contributed by atoms with van der Waals surface area (Å²) in [5.74, 6) is 0.566. The lowest BCUT2D eigenvalue weighted by molar-refractivity contribution is 0.101. The molecule has 25 heavy (non-hydrogen) atoms. The number of allylic oxidation sites excluding steroid dienone is 1. The molecule has 2 rings (SSSR count). The van der Waals surface area contributed by atoms with Crippen molar-refractivity contribution in [2.24, 2.45) is 0 Å². The van der Waals surface area contributed by atoms with E-state index in [1.54, 1.807) is 21.4 Å². The molecule has 0 fully saturated rings. The normalized spacial score (nSPS) is 11.2. The molecule has 0 bridgehead atoms. The van der Waals surface area contributed by atoms with Crippen molar-refractivity contribution in [2.75, 3.05) is 24.6 Å². The molecule has 0 aliphatic rings. The van der Waals surface area contributed by atoms with Gasteiger partial charge in [-0.25, -0.2) is 4.98 Å². The van der Waals surface area contributed by atoms with Crippen molar-refractivity contribution in [1.82, 2.24) is 24.6 Å². The Labute approximate surface area is 147 Å². The molecule has 0 radical (unpaired) electrons. The van der Waals surface area contributed by atoms with Crippen LogP contribution in [-0.2, 0) is 13.1 Å². The molecule has 0 saturated heterocycles. The van der Waals surface area contributed by atoms with Gasteiger partial charge in [0, 0.05) is 19.6 Å². The molecular weight excluding hydrogens is 318 g/mol. The Kier molecular flexibility index (Phi) is 6.13. The Balaban J connectivity index is 2.28. The molecular formula is C17H25N7O. The summed E-state index contributed by atoms with van der Waals surface area (Å²) in [6, 6.07) is 1.75. The van der Waals surface area contributed by atoms with Gasteiger partial charge in [-0.2, -0.15) is 5.10 Å². The van der Waals surface area contributed by atoms with Crippen LogP contribution in [0.15, 0.2) is 24.8 Å². The number of nitrogen functional groups attached to an aromatic ring is 1. The van der Waals surface area contributed by atoms with Crippen molar-refractivity contribution in [2.45, 2.75) is 26.9 Å². The Morgan fingerprint density at radius 3 is 2.84 bits per heavy atom. The molecule has 0 aliphatic carbocycles. The van der Waals surface area contributed by atoms with Gasteiger partial charge in [-0.05, 0) is 33.0 Å². The number of carbonyl (C=O) groups is 1. The van der Waals surface area contributed by atoms with E-state index < -0.39 is 0 Å². The van der Waals surface area contributed by atoms with Crippen LogP contribution in [0.4, 0.5) is 11.8 Å². The van der Waals surface area contributed by atoms with E-state index in [1.165, 1.54) is 0 Å². The molecule has 4 N–H and O–H groups in total. The van der Waals surface area contributed by atoms with Gasteiger partial charge in [0.15, 0.2) is 0 Å². The van der Waals surface area contributed by atoms with Crippen molar-refractivity contribution in [3.05, 3.63) is 41.9 Å². The maximum absolute atomic E-state index is 12.6. The second-order valence-corrected chi connectivity index (χ2v) is 5.49. The van der Waals surface area contributed by atoms with Gasteiger partial charge in [-0.15, -0.1) is 0 Å². The van der Waals surface area contributed by atoms with Crippen molar-refractivity contribution in [1.29, 1.82) is 0 Å². The summed E-state index contributed by atoms with van der Waals surface area (Å²) < 4.78 is 3.39. The highest BCUT2D eigenvalue weighted by atomic mass is 16.2. The lowest BCUT2D eigenvalue weighted by Gasteiger charge is -2.09. The van der Waals surface area contributed by atoms with Gasteiger partial charge in [0.25, 0.3) is 5.91 Å². The van der Waals surface area contributed by atoms with Gasteiger partial charge in [0.05, 0.1) is 5.69 Å². The molecule has 1 amide bonds. The number of nitrogens with one attached hydrogen (secondary N) is 2. The molecule has 8 nitrogen and oxygen atoms in total. The zero-order chi connectivity index (χ0) is 18.4. The van der Waals surface area contributed by atoms with E-state index in [9.17, 15) is 4.79 Å². The first-order valence-corrected chi connectivity index (χ1v) is 8.15. The van der Waals surface area contributed by atoms with Crippen LogP contribution in [0, 0.1) is 6.92 Å². The summed E-state index contributed by atoms with van der Waals surface area (Å²) in [7, 11) is 1.87. The van der Waals surface area contributed by atoms with Gasteiger partial charge in [0.2, 0.25) is 5.95 Å². The van der Waals surface area contributed by atoms with Crippen LogP contribution < -0.4 is 16.4 Å². The number of imidazole rings is 1. The van der Waals surface area contributed by atoms with Crippen LogP contribution in [0.1, 0.15) is 28.8 Å². The second-order valence-electron chi connectivity index (χ2n) is 5.49. The van der Waals surface area contributed by atoms with Gasteiger partial charge < -0.3 is 11.1 Å². The minimum atomic E-state index is -0.275. The van der Waals surface area contributed by atoms with Crippen LogP contribution in [0.2, 0.25) is 0 Å². The highest BCUT2D eigenvalue weighted by molar-refractivity contribution is 6.02. The standard InChI is InChI=1S/C17H25N7O/c1-5-13-15(18)23(10-8-7-9-19-4)17(20-13)21-16(25)14-11-12(3)22-24(14)6-2/h5,7-8,11,19H,1,6,9-10,18H2,2-4H3,(H,20,21,25)/b8-7+. The zero-order valence-corrected chi connectivity index (χ0v) is 14.9. The molecule has 0 aromatic carbocycles. The quantitative estimate of drug-likeness (QED) is 0.633. The predicted octanol–water partition coefficient (Wildman–Crippen LogP) is 1.66. The summed E-state index contributed by atoms with van der Waals surface area (Å²) in [6.07, 6.45) is 5.50. The molecule has 134 valence electrons. The van der Waals surface area contributed by atoms with E-state index in [0.29, 0.717) is 36.2 Å². The van der Waals surface area contributed by atoms with Crippen LogP contribution in [0.3, 0.4) is 0 Å². The van der Waals surface area contributed by atoms with Crippen molar-refractivity contribution < 1.29 is 4.79 Å². The van der Waals surface area contributed by atoms with Crippen molar-refractivity contribution >= 4 is 23.7 Å². The van der Waals surface area contributed by atoms with Gasteiger partial charge in [-0.1, -0.05) is 18.7 Å². The van der Waals surface area contributed by atoms with E-state index in [0.717, 1.165) is 12.2 Å². The summed E-state index contributed by atoms with van der Waals surface area (Å²) in [5, 5.41) is 10.1. The number of rotatable bonds is 8. The average molecular weight is 343 g/mol. The van der Waals surface area contributed by atoms with E-state index in [-0.39, 0.29) is 5.91 Å². The SMILES string of the molecule is C=Cc1nc(NC(=O)c2cc(C)nn2CC)n(C/C=C/CNC)c1N. The van der Waals surface area contributed by atoms with E-state index >= 15 is 0 Å². The Bertz CT molecular complexity index is 785. The van der Waals surface area contributed by atoms with Crippen LogP contribution in [-0.4, -0.2) is 38.8 Å². The number of amides is 1. The number of nitrogens with zero attached hydrogens (tertiary/aromatic N) is 4. The smallest absolute Gasteiger partial charge is 0.276 e. The maximum atomic E-state index is 12.6. The highest BCUT2D eigenvalue weighted by Gasteiger charge is 2.18. The van der Waals surface area contributed by atoms with E-state index in [4.69, 9.17) is 5.73 Å². The highest BCUT2D eigenvalue weighted by Crippen LogP contribution is 2.20. The third-order valence-corrected chi connectivity index (χ3v) is 3.66. The number of likely N-dealkylation sites (N-methyl/N-ethyl adjacent to an activating group) is 1. The first-order valence-electron chi connectivity index (χ1n) is 8.15. The second kappa shape index (κ2) is 8.29. The maximum Gasteiger partial charge on any atom is 0.276 e. The van der Waals surface area contributed by atoms with Crippen molar-refractivity contribution in [3.8, 4) is 0 Å². The lowest BCUT2D eigenvalue weighted by Crippen LogP contribution is -2.20. The van der Waals surface area contributed by atoms with Crippen LogP contribution in [0.25, 0.3) is 6.08 Å². The Morgan fingerprint density at radius 1 is 1.44 bits per heavy atom. The van der Waals surface area contributed by atoms with Gasteiger partial charge in [-0.3, -0.25) is 19.4 Å². The molecule has 2 heterocycles. The Hall–Kier alpha value is -2.87. The third kappa shape index (κ3) is 4.16. The molecule has 0 unspecified atom stereocenters. The fraction of sp³-hybridized carbons (Fsp3) is 0.353. The number of aromatic nitrogens is 4. The van der Waals surface area contributed by atoms with Crippen LogP contribution in [0.5, 0.6) is 0 Å². The molecule has 2 aromatic heterocycles. The first-order chi connectivity index (χ1) is 12.0. The minimum absolute atomic E-state index is 0.275. The molecule has 2 aromatic rings. The molecule has 0 atom stereocenters. The van der Waals surface area contributed by atoms with E-state index in [2.05, 4.69) is 27.3 Å². The number of nitrogens with two attached hydrogens (primary N) is 1. The Morgan fingerprint density at radius 2 is 2.20 bits per heavy atom. The summed E-state index contributed by atoms with van der Waals surface area (Å²) in [6.45, 7) is 9.35. The third-order valence-electron chi connectivity index (χ3n) is 3.66. The van der Waals surface area contributed by atoms with Crippen molar-refractivity contribution in [3.63, 3.8) is 0 Å². The monoisotopic (exact) mass is 343 g/mol. The lowest BCUT2D eigenvalue weighted by atomic mass is 10.3. The van der Waals surface area contributed by atoms with Crippen LogP contribution >= 0.6 is 0 Å². The summed E-state index contributed by atoms with van der Waals surface area (Å²) >= 11 is 0. The predicted molar refractivity (Wildman–Crippen MR) is 100 cm³/mol. The summed E-state index contributed by atoms with van der Waals surface area (Å²) in [4.78, 5) is 17.0. The average Bonchev–Trinajstić information content (AvgIpc) is 3.12. The van der Waals surface area contributed by atoms with Gasteiger partial charge in [0.1, 0.15) is 17.2 Å². The largest absolute Gasteiger partial charge is 0.383 e. The molecule has 8 heteroatoms. The number of hydrogen-bond acceptors (Lipinski definition) is 5. The molecule has 0 spiro atoms. The number of aryl methyl sites for hydroxylation is 2. The van der Waals surface area contributed by atoms with E-state index in [1.807, 2.05) is 33.0 Å². The number of carbonyl (C=O) groups excluding carboxylic acids is 1. The number of anilines is 2. The molecule has 0 saturated carbocycles. The molecule has 0 aliphatic heterocycles. The zero-order valence-electron chi connectivity index (χ0n) is 14.9. The summed E-state index contributed by atoms with van der Waals surface area (Å²) in [5.41, 5.74) is 7.93.